The van der Waals surface area contributed by atoms with Gasteiger partial charge in [-0.15, -0.1) is 0 Å². The Morgan fingerprint density at radius 2 is 1.75 bits per heavy atom. The highest BCUT2D eigenvalue weighted by Gasteiger charge is 2.22. The summed E-state index contributed by atoms with van der Waals surface area (Å²) in [6.07, 6.45) is 5.56. The third-order valence-electron chi connectivity index (χ3n) is 3.95. The van der Waals surface area contributed by atoms with Crippen molar-refractivity contribution in [2.45, 2.75) is 44.6 Å². The van der Waals surface area contributed by atoms with E-state index in [1.165, 1.54) is 25.0 Å². The van der Waals surface area contributed by atoms with Crippen LogP contribution in [-0.2, 0) is 11.2 Å². The van der Waals surface area contributed by atoms with Crippen LogP contribution in [0.4, 0.5) is 4.39 Å². The highest BCUT2D eigenvalue weighted by Crippen LogP contribution is 2.18. The van der Waals surface area contributed by atoms with Crippen molar-refractivity contribution in [3.8, 4) is 0 Å². The lowest BCUT2D eigenvalue weighted by Crippen LogP contribution is -2.39. The predicted octanol–water partition coefficient (Wildman–Crippen LogP) is 3.09. The summed E-state index contributed by atoms with van der Waals surface area (Å²) in [5.41, 5.74) is 1.00. The Labute approximate surface area is 119 Å². The summed E-state index contributed by atoms with van der Waals surface area (Å²) < 4.78 is 12.9. The van der Waals surface area contributed by atoms with Crippen molar-refractivity contribution in [3.05, 3.63) is 35.6 Å². The first-order chi connectivity index (χ1) is 9.65. The van der Waals surface area contributed by atoms with E-state index in [2.05, 4.69) is 4.90 Å². The van der Waals surface area contributed by atoms with E-state index in [1.54, 1.807) is 12.1 Å². The minimum absolute atomic E-state index is 0.0102. The van der Waals surface area contributed by atoms with Gasteiger partial charge in [0.15, 0.2) is 0 Å². The molecule has 3 nitrogen and oxygen atoms in total. The van der Waals surface area contributed by atoms with Crippen LogP contribution in [0.2, 0.25) is 0 Å². The van der Waals surface area contributed by atoms with Gasteiger partial charge < -0.3 is 5.11 Å². The number of benzene rings is 1. The van der Waals surface area contributed by atoms with Crippen LogP contribution >= 0.6 is 0 Å². The molecule has 20 heavy (non-hydrogen) atoms. The summed E-state index contributed by atoms with van der Waals surface area (Å²) in [5, 5.41) is 9.12. The standard InChI is InChI=1S/C16H22FNO2/c17-14-7-5-13(6-8-14)11-15(12-16(19)20)18-9-3-1-2-4-10-18/h5-8,15H,1-4,9-12H2,(H,19,20). The van der Waals surface area contributed by atoms with Crippen molar-refractivity contribution in [1.29, 1.82) is 0 Å². The molecule has 0 spiro atoms. The number of halogens is 1. The topological polar surface area (TPSA) is 40.5 Å². The number of carboxylic acids is 1. The second-order valence-electron chi connectivity index (χ2n) is 5.53. The Morgan fingerprint density at radius 1 is 1.15 bits per heavy atom. The van der Waals surface area contributed by atoms with E-state index in [0.29, 0.717) is 6.42 Å². The number of aliphatic carboxylic acids is 1. The summed E-state index contributed by atoms with van der Waals surface area (Å²) in [7, 11) is 0. The molecule has 0 amide bonds. The molecule has 110 valence electrons. The molecule has 1 unspecified atom stereocenters. The van der Waals surface area contributed by atoms with E-state index in [9.17, 15) is 9.18 Å². The normalized spacial score (nSPS) is 18.4. The maximum Gasteiger partial charge on any atom is 0.304 e. The molecule has 1 saturated heterocycles. The molecule has 1 N–H and O–H groups in total. The van der Waals surface area contributed by atoms with Gasteiger partial charge in [0.2, 0.25) is 0 Å². The van der Waals surface area contributed by atoms with Gasteiger partial charge in [-0.2, -0.15) is 0 Å². The van der Waals surface area contributed by atoms with Gasteiger partial charge in [-0.1, -0.05) is 25.0 Å². The fourth-order valence-corrected chi connectivity index (χ4v) is 2.88. The molecule has 1 fully saturated rings. The Balaban J connectivity index is 2.05. The van der Waals surface area contributed by atoms with E-state index in [0.717, 1.165) is 31.5 Å². The van der Waals surface area contributed by atoms with Crippen LogP contribution in [0.25, 0.3) is 0 Å². The van der Waals surface area contributed by atoms with Gasteiger partial charge in [-0.25, -0.2) is 4.39 Å². The first-order valence-corrected chi connectivity index (χ1v) is 7.35. The predicted molar refractivity (Wildman–Crippen MR) is 76.2 cm³/mol. The van der Waals surface area contributed by atoms with Crippen molar-refractivity contribution >= 4 is 5.97 Å². The van der Waals surface area contributed by atoms with Gasteiger partial charge in [-0.3, -0.25) is 9.69 Å². The van der Waals surface area contributed by atoms with Gasteiger partial charge in [0.1, 0.15) is 5.82 Å². The average molecular weight is 279 g/mol. The van der Waals surface area contributed by atoms with Crippen molar-refractivity contribution in [2.24, 2.45) is 0 Å². The summed E-state index contributed by atoms with van der Waals surface area (Å²) in [4.78, 5) is 13.4. The highest BCUT2D eigenvalue weighted by molar-refractivity contribution is 5.67. The van der Waals surface area contributed by atoms with Crippen LogP contribution in [0.5, 0.6) is 0 Å². The third-order valence-corrected chi connectivity index (χ3v) is 3.95. The lowest BCUT2D eigenvalue weighted by Gasteiger charge is -2.29. The molecule has 0 aromatic heterocycles. The van der Waals surface area contributed by atoms with E-state index in [-0.39, 0.29) is 18.3 Å². The molecule has 0 saturated carbocycles. The van der Waals surface area contributed by atoms with Crippen molar-refractivity contribution in [1.82, 2.24) is 4.90 Å². The Hall–Kier alpha value is -1.42. The second-order valence-corrected chi connectivity index (χ2v) is 5.53. The van der Waals surface area contributed by atoms with E-state index in [4.69, 9.17) is 5.11 Å². The first-order valence-electron chi connectivity index (χ1n) is 7.35. The Bertz CT molecular complexity index is 425. The van der Waals surface area contributed by atoms with Crippen molar-refractivity contribution in [2.75, 3.05) is 13.1 Å². The zero-order valence-corrected chi connectivity index (χ0v) is 11.7. The van der Waals surface area contributed by atoms with Gasteiger partial charge in [0, 0.05) is 6.04 Å². The lowest BCUT2D eigenvalue weighted by molar-refractivity contribution is -0.138. The molecule has 1 aromatic rings. The van der Waals surface area contributed by atoms with E-state index >= 15 is 0 Å². The highest BCUT2D eigenvalue weighted by atomic mass is 19.1. The summed E-state index contributed by atoms with van der Waals surface area (Å²) >= 11 is 0. The SMILES string of the molecule is O=C(O)CC(Cc1ccc(F)cc1)N1CCCCCC1. The third kappa shape index (κ3) is 4.60. The summed E-state index contributed by atoms with van der Waals surface area (Å²) in [5.74, 6) is -1.01. The summed E-state index contributed by atoms with van der Waals surface area (Å²) in [6.45, 7) is 1.94. The quantitative estimate of drug-likeness (QED) is 0.900. The fraction of sp³-hybridized carbons (Fsp3) is 0.562. The van der Waals surface area contributed by atoms with Crippen molar-refractivity contribution in [3.63, 3.8) is 0 Å². The molecule has 1 aromatic carbocycles. The molecular weight excluding hydrogens is 257 g/mol. The number of rotatable bonds is 5. The maximum absolute atomic E-state index is 12.9. The van der Waals surface area contributed by atoms with E-state index < -0.39 is 5.97 Å². The Morgan fingerprint density at radius 3 is 2.30 bits per heavy atom. The molecule has 1 heterocycles. The second kappa shape index (κ2) is 7.39. The Kier molecular flexibility index (Phi) is 5.53. The molecule has 0 aliphatic carbocycles. The largest absolute Gasteiger partial charge is 0.481 e. The first kappa shape index (κ1) is 15.0. The zero-order valence-electron chi connectivity index (χ0n) is 11.7. The molecule has 2 rings (SSSR count). The van der Waals surface area contributed by atoms with Crippen molar-refractivity contribution < 1.29 is 14.3 Å². The van der Waals surface area contributed by atoms with Crippen LogP contribution < -0.4 is 0 Å². The molecule has 1 aliphatic heterocycles. The molecule has 0 bridgehead atoms. The lowest BCUT2D eigenvalue weighted by atomic mass is 10.0. The van der Waals surface area contributed by atoms with Crippen LogP contribution in [0, 0.1) is 5.82 Å². The molecular formula is C16H22FNO2. The molecule has 4 heteroatoms. The fourth-order valence-electron chi connectivity index (χ4n) is 2.88. The number of hydrogen-bond donors (Lipinski definition) is 1. The monoisotopic (exact) mass is 279 g/mol. The molecule has 1 aliphatic rings. The van der Waals surface area contributed by atoms with Crippen LogP contribution in [0.15, 0.2) is 24.3 Å². The smallest absolute Gasteiger partial charge is 0.304 e. The van der Waals surface area contributed by atoms with Crippen LogP contribution in [0.1, 0.15) is 37.7 Å². The van der Waals surface area contributed by atoms with Crippen LogP contribution in [-0.4, -0.2) is 35.1 Å². The number of likely N-dealkylation sites (tertiary alicyclic amines) is 1. The minimum Gasteiger partial charge on any atom is -0.481 e. The minimum atomic E-state index is -0.763. The van der Waals surface area contributed by atoms with Gasteiger partial charge >= 0.3 is 5.97 Å². The van der Waals surface area contributed by atoms with Gasteiger partial charge in [0.05, 0.1) is 6.42 Å². The molecule has 1 atom stereocenters. The number of carboxylic acid groups (broad SMARTS) is 1. The van der Waals surface area contributed by atoms with Gasteiger partial charge in [0.25, 0.3) is 0 Å². The van der Waals surface area contributed by atoms with Crippen LogP contribution in [0.3, 0.4) is 0 Å². The number of carbonyl (C=O) groups is 1. The van der Waals surface area contributed by atoms with Gasteiger partial charge in [-0.05, 0) is 50.0 Å². The number of nitrogens with zero attached hydrogens (tertiary/aromatic N) is 1. The zero-order chi connectivity index (χ0) is 14.4. The van der Waals surface area contributed by atoms with E-state index in [1.807, 2.05) is 0 Å². The average Bonchev–Trinajstić information content (AvgIpc) is 2.69. The summed E-state index contributed by atoms with van der Waals surface area (Å²) in [6, 6.07) is 6.39. The number of hydrogen-bond acceptors (Lipinski definition) is 2. The molecule has 0 radical (unpaired) electrons. The maximum atomic E-state index is 12.9.